The Bertz CT molecular complexity index is 835. The van der Waals surface area contributed by atoms with Crippen LogP contribution in [-0.4, -0.2) is 15.1 Å². The van der Waals surface area contributed by atoms with Crippen LogP contribution >= 0.6 is 11.6 Å². The number of aromatic nitrogens is 2. The molecule has 0 spiro atoms. The van der Waals surface area contributed by atoms with Crippen LogP contribution in [0.2, 0.25) is 5.02 Å². The number of benzene rings is 2. The van der Waals surface area contributed by atoms with Gasteiger partial charge >= 0.3 is 0 Å². The summed E-state index contributed by atoms with van der Waals surface area (Å²) in [5.74, 6) is 0.526. The van der Waals surface area contributed by atoms with E-state index < -0.39 is 6.10 Å². The molecule has 1 aromatic heterocycles. The molecule has 5 heteroatoms. The molecule has 2 atom stereocenters. The lowest BCUT2D eigenvalue weighted by atomic mass is 10.0. The van der Waals surface area contributed by atoms with E-state index in [0.29, 0.717) is 16.5 Å². The van der Waals surface area contributed by atoms with Crippen molar-refractivity contribution in [1.82, 2.24) is 9.97 Å². The maximum absolute atomic E-state index is 9.70. The van der Waals surface area contributed by atoms with E-state index in [9.17, 15) is 5.11 Å². The molecular weight excluding hydrogens is 310 g/mol. The summed E-state index contributed by atoms with van der Waals surface area (Å²) in [4.78, 5) is 8.21. The van der Waals surface area contributed by atoms with E-state index in [1.807, 2.05) is 19.1 Å². The number of anilines is 1. The summed E-state index contributed by atoms with van der Waals surface area (Å²) in [6, 6.07) is 14.6. The molecule has 118 valence electrons. The lowest BCUT2D eigenvalue weighted by Gasteiger charge is -2.18. The number of aliphatic hydroxyl groups is 1. The number of hydrogen-bond donors (Lipinski definition) is 2. The van der Waals surface area contributed by atoms with Crippen molar-refractivity contribution in [2.45, 2.75) is 26.0 Å². The van der Waals surface area contributed by atoms with Gasteiger partial charge in [0.25, 0.3) is 0 Å². The standard InChI is InChI=1S/C18H18ClN3O/c1-11(14-8-7-13-5-3-4-6-15(13)9-14)22-18-16(19)17(12(2)23)20-10-21-18/h3-12,23H,1-2H3,(H,20,21,22). The van der Waals surface area contributed by atoms with Crippen LogP contribution in [0.15, 0.2) is 48.8 Å². The minimum atomic E-state index is -0.734. The zero-order valence-corrected chi connectivity index (χ0v) is 13.7. The SMILES string of the molecule is CC(O)c1ncnc(NC(C)c2ccc3ccccc3c2)c1Cl. The average Bonchev–Trinajstić information content (AvgIpc) is 2.56. The van der Waals surface area contributed by atoms with Crippen molar-refractivity contribution >= 4 is 28.2 Å². The van der Waals surface area contributed by atoms with Gasteiger partial charge < -0.3 is 10.4 Å². The predicted octanol–water partition coefficient (Wildman–Crippen LogP) is 4.51. The Morgan fingerprint density at radius 1 is 1.04 bits per heavy atom. The van der Waals surface area contributed by atoms with Crippen molar-refractivity contribution in [3.05, 3.63) is 65.1 Å². The van der Waals surface area contributed by atoms with Gasteiger partial charge in [0.05, 0.1) is 17.8 Å². The second kappa shape index (κ2) is 6.52. The van der Waals surface area contributed by atoms with Crippen LogP contribution in [0.1, 0.15) is 37.3 Å². The summed E-state index contributed by atoms with van der Waals surface area (Å²) >= 11 is 6.28. The van der Waals surface area contributed by atoms with Gasteiger partial charge in [0.15, 0.2) is 0 Å². The zero-order valence-electron chi connectivity index (χ0n) is 13.0. The minimum Gasteiger partial charge on any atom is -0.387 e. The smallest absolute Gasteiger partial charge is 0.149 e. The fraction of sp³-hybridized carbons (Fsp3) is 0.222. The molecule has 23 heavy (non-hydrogen) atoms. The molecule has 0 amide bonds. The van der Waals surface area contributed by atoms with Crippen LogP contribution in [0.4, 0.5) is 5.82 Å². The van der Waals surface area contributed by atoms with Gasteiger partial charge in [-0.25, -0.2) is 9.97 Å². The topological polar surface area (TPSA) is 58.0 Å². The zero-order chi connectivity index (χ0) is 16.4. The van der Waals surface area contributed by atoms with Crippen LogP contribution in [0, 0.1) is 0 Å². The summed E-state index contributed by atoms with van der Waals surface area (Å²) < 4.78 is 0. The number of fused-ring (bicyclic) bond motifs is 1. The first-order valence-electron chi connectivity index (χ1n) is 7.50. The molecule has 2 aromatic carbocycles. The third kappa shape index (κ3) is 3.28. The van der Waals surface area contributed by atoms with E-state index in [1.165, 1.54) is 17.1 Å². The van der Waals surface area contributed by atoms with E-state index in [4.69, 9.17) is 11.6 Å². The highest BCUT2D eigenvalue weighted by Crippen LogP contribution is 2.29. The largest absolute Gasteiger partial charge is 0.387 e. The molecule has 2 N–H and O–H groups in total. The third-order valence-electron chi connectivity index (χ3n) is 3.84. The average molecular weight is 328 g/mol. The van der Waals surface area contributed by atoms with Crippen LogP contribution in [0.5, 0.6) is 0 Å². The quantitative estimate of drug-likeness (QED) is 0.740. The van der Waals surface area contributed by atoms with Crippen molar-refractivity contribution < 1.29 is 5.11 Å². The molecule has 0 saturated heterocycles. The lowest BCUT2D eigenvalue weighted by Crippen LogP contribution is -2.10. The Balaban J connectivity index is 1.88. The van der Waals surface area contributed by atoms with E-state index in [2.05, 4.69) is 45.6 Å². The molecule has 0 bridgehead atoms. The highest BCUT2D eigenvalue weighted by molar-refractivity contribution is 6.33. The van der Waals surface area contributed by atoms with E-state index in [-0.39, 0.29) is 6.04 Å². The maximum Gasteiger partial charge on any atom is 0.149 e. The molecule has 0 aliphatic heterocycles. The number of halogens is 1. The number of rotatable bonds is 4. The van der Waals surface area contributed by atoms with Gasteiger partial charge in [0.2, 0.25) is 0 Å². The second-order valence-corrected chi connectivity index (χ2v) is 5.95. The summed E-state index contributed by atoms with van der Waals surface area (Å²) in [5, 5.41) is 15.7. The number of nitrogens with one attached hydrogen (secondary N) is 1. The Morgan fingerprint density at radius 3 is 2.52 bits per heavy atom. The molecule has 1 heterocycles. The van der Waals surface area contributed by atoms with Crippen LogP contribution in [0.3, 0.4) is 0 Å². The summed E-state index contributed by atoms with van der Waals surface area (Å²) in [6.45, 7) is 3.68. The molecule has 0 fully saturated rings. The number of hydrogen-bond acceptors (Lipinski definition) is 4. The van der Waals surface area contributed by atoms with Crippen molar-refractivity contribution in [1.29, 1.82) is 0 Å². The predicted molar refractivity (Wildman–Crippen MR) is 93.7 cm³/mol. The van der Waals surface area contributed by atoms with E-state index in [0.717, 1.165) is 5.56 Å². The lowest BCUT2D eigenvalue weighted by molar-refractivity contribution is 0.194. The van der Waals surface area contributed by atoms with Crippen molar-refractivity contribution in [3.8, 4) is 0 Å². The second-order valence-electron chi connectivity index (χ2n) is 5.57. The van der Waals surface area contributed by atoms with Gasteiger partial charge in [-0.1, -0.05) is 48.0 Å². The van der Waals surface area contributed by atoms with E-state index in [1.54, 1.807) is 6.92 Å². The van der Waals surface area contributed by atoms with Gasteiger partial charge in [-0.3, -0.25) is 0 Å². The first-order chi connectivity index (χ1) is 11.1. The Labute approximate surface area is 140 Å². The molecule has 0 aliphatic rings. The molecule has 3 rings (SSSR count). The first kappa shape index (κ1) is 15.7. The third-order valence-corrected chi connectivity index (χ3v) is 4.21. The Kier molecular flexibility index (Phi) is 4.46. The van der Waals surface area contributed by atoms with Gasteiger partial charge in [0, 0.05) is 0 Å². The first-order valence-corrected chi connectivity index (χ1v) is 7.87. The Hall–Kier alpha value is -2.17. The fourth-order valence-corrected chi connectivity index (χ4v) is 2.85. The highest BCUT2D eigenvalue weighted by Gasteiger charge is 2.15. The van der Waals surface area contributed by atoms with Gasteiger partial charge in [0.1, 0.15) is 17.2 Å². The summed E-state index contributed by atoms with van der Waals surface area (Å²) in [6.07, 6.45) is 0.672. The van der Waals surface area contributed by atoms with Gasteiger partial charge in [-0.05, 0) is 36.2 Å². The molecule has 4 nitrogen and oxygen atoms in total. The van der Waals surface area contributed by atoms with Gasteiger partial charge in [-0.2, -0.15) is 0 Å². The number of nitrogens with zero attached hydrogens (tertiary/aromatic N) is 2. The summed E-state index contributed by atoms with van der Waals surface area (Å²) in [5.41, 5.74) is 1.56. The van der Waals surface area contributed by atoms with Crippen molar-refractivity contribution in [3.63, 3.8) is 0 Å². The molecular formula is C18H18ClN3O. The molecule has 3 aromatic rings. The maximum atomic E-state index is 9.70. The molecule has 0 saturated carbocycles. The molecule has 2 unspecified atom stereocenters. The van der Waals surface area contributed by atoms with Crippen LogP contribution in [0.25, 0.3) is 10.8 Å². The monoisotopic (exact) mass is 327 g/mol. The summed E-state index contributed by atoms with van der Waals surface area (Å²) in [7, 11) is 0. The van der Waals surface area contributed by atoms with Crippen LogP contribution < -0.4 is 5.32 Å². The van der Waals surface area contributed by atoms with Crippen LogP contribution in [-0.2, 0) is 0 Å². The number of aliphatic hydroxyl groups excluding tert-OH is 1. The highest BCUT2D eigenvalue weighted by atomic mass is 35.5. The normalized spacial score (nSPS) is 13.7. The molecule has 0 aliphatic carbocycles. The minimum absolute atomic E-state index is 0.0221. The fourth-order valence-electron chi connectivity index (χ4n) is 2.54. The Morgan fingerprint density at radius 2 is 1.78 bits per heavy atom. The van der Waals surface area contributed by atoms with E-state index >= 15 is 0 Å². The van der Waals surface area contributed by atoms with Crippen molar-refractivity contribution in [2.75, 3.05) is 5.32 Å². The van der Waals surface area contributed by atoms with Crippen molar-refractivity contribution in [2.24, 2.45) is 0 Å². The van der Waals surface area contributed by atoms with Gasteiger partial charge in [-0.15, -0.1) is 0 Å². The molecule has 0 radical (unpaired) electrons.